The number of hydrogen-bond donors (Lipinski definition) is 2. The molecular formula is C13H20N2O2. The highest BCUT2D eigenvalue weighted by Crippen LogP contribution is 2.18. The van der Waals surface area contributed by atoms with Crippen molar-refractivity contribution in [2.24, 2.45) is 11.5 Å². The fourth-order valence-corrected chi connectivity index (χ4v) is 1.61. The minimum atomic E-state index is -0.728. The van der Waals surface area contributed by atoms with Gasteiger partial charge in [0.25, 0.3) is 0 Å². The van der Waals surface area contributed by atoms with Crippen LogP contribution in [0.3, 0.4) is 0 Å². The molecule has 0 radical (unpaired) electrons. The molecule has 0 bridgehead atoms. The number of aryl methyl sites for hydroxylation is 1. The van der Waals surface area contributed by atoms with E-state index < -0.39 is 11.7 Å². The van der Waals surface area contributed by atoms with E-state index >= 15 is 0 Å². The Kier molecular flexibility index (Phi) is 4.52. The molecule has 4 nitrogen and oxygen atoms in total. The zero-order valence-electron chi connectivity index (χ0n) is 10.4. The summed E-state index contributed by atoms with van der Waals surface area (Å²) >= 11 is 0. The van der Waals surface area contributed by atoms with Crippen molar-refractivity contribution in [2.45, 2.75) is 38.8 Å². The van der Waals surface area contributed by atoms with E-state index in [0.29, 0.717) is 6.54 Å². The van der Waals surface area contributed by atoms with E-state index in [1.54, 1.807) is 0 Å². The lowest BCUT2D eigenvalue weighted by Crippen LogP contribution is -2.31. The lowest BCUT2D eigenvalue weighted by Gasteiger charge is -2.23. The summed E-state index contributed by atoms with van der Waals surface area (Å²) < 4.78 is 5.02. The molecule has 1 rings (SSSR count). The summed E-state index contributed by atoms with van der Waals surface area (Å²) in [5.41, 5.74) is 12.3. The van der Waals surface area contributed by atoms with Crippen molar-refractivity contribution >= 4 is 6.09 Å². The van der Waals surface area contributed by atoms with Crippen LogP contribution >= 0.6 is 0 Å². The van der Waals surface area contributed by atoms with Crippen molar-refractivity contribution in [1.29, 1.82) is 0 Å². The lowest BCUT2D eigenvalue weighted by atomic mass is 9.98. The highest BCUT2D eigenvalue weighted by Gasteiger charge is 2.21. The van der Waals surface area contributed by atoms with Gasteiger partial charge in [0.1, 0.15) is 5.60 Å². The van der Waals surface area contributed by atoms with Crippen LogP contribution in [-0.2, 0) is 17.7 Å². The van der Waals surface area contributed by atoms with Gasteiger partial charge in [-0.3, -0.25) is 0 Å². The second kappa shape index (κ2) is 5.68. The van der Waals surface area contributed by atoms with Gasteiger partial charge >= 0.3 is 6.09 Å². The van der Waals surface area contributed by atoms with Crippen LogP contribution in [0.5, 0.6) is 0 Å². The first-order chi connectivity index (χ1) is 7.93. The van der Waals surface area contributed by atoms with Crippen LogP contribution in [0, 0.1) is 0 Å². The number of primary amides is 1. The molecule has 0 saturated carbocycles. The fraction of sp³-hybridized carbons (Fsp3) is 0.462. The smallest absolute Gasteiger partial charge is 0.405 e. The molecule has 0 fully saturated rings. The van der Waals surface area contributed by atoms with Crippen LogP contribution in [0.25, 0.3) is 0 Å². The largest absolute Gasteiger partial charge is 0.444 e. The molecule has 17 heavy (non-hydrogen) atoms. The number of hydrogen-bond acceptors (Lipinski definition) is 3. The molecule has 0 spiro atoms. The van der Waals surface area contributed by atoms with Crippen molar-refractivity contribution in [3.8, 4) is 0 Å². The molecule has 0 heterocycles. The Bertz CT molecular complexity index is 372. The number of ether oxygens (including phenoxy) is 1. The van der Waals surface area contributed by atoms with E-state index in [1.807, 2.05) is 38.1 Å². The molecule has 0 atom stereocenters. The Morgan fingerprint density at radius 1 is 1.24 bits per heavy atom. The molecule has 0 unspecified atom stereocenters. The minimum Gasteiger partial charge on any atom is -0.444 e. The highest BCUT2D eigenvalue weighted by molar-refractivity contribution is 5.65. The maximum absolute atomic E-state index is 10.7. The lowest BCUT2D eigenvalue weighted by molar-refractivity contribution is 0.0394. The predicted molar refractivity (Wildman–Crippen MR) is 67.4 cm³/mol. The summed E-state index contributed by atoms with van der Waals surface area (Å²) in [4.78, 5) is 10.7. The third-order valence-electron chi connectivity index (χ3n) is 2.65. The average Bonchev–Trinajstić information content (AvgIpc) is 2.25. The van der Waals surface area contributed by atoms with Crippen LogP contribution in [0.1, 0.15) is 31.4 Å². The van der Waals surface area contributed by atoms with Gasteiger partial charge < -0.3 is 16.2 Å². The van der Waals surface area contributed by atoms with Crippen molar-refractivity contribution in [2.75, 3.05) is 0 Å². The first kappa shape index (κ1) is 13.5. The van der Waals surface area contributed by atoms with Crippen LogP contribution in [0.4, 0.5) is 4.79 Å². The van der Waals surface area contributed by atoms with Gasteiger partial charge in [-0.15, -0.1) is 0 Å². The van der Waals surface area contributed by atoms with Gasteiger partial charge in [-0.2, -0.15) is 0 Å². The summed E-state index contributed by atoms with van der Waals surface area (Å²) in [5, 5.41) is 0. The number of amides is 1. The molecule has 94 valence electrons. The molecule has 1 amide bonds. The van der Waals surface area contributed by atoms with Crippen molar-refractivity contribution in [3.63, 3.8) is 0 Å². The van der Waals surface area contributed by atoms with E-state index in [1.165, 1.54) is 5.56 Å². The van der Waals surface area contributed by atoms with Gasteiger partial charge in [0, 0.05) is 6.54 Å². The Labute approximate surface area is 102 Å². The first-order valence-corrected chi connectivity index (χ1v) is 5.69. The third kappa shape index (κ3) is 4.87. The number of carbonyl (C=O) groups is 1. The summed E-state index contributed by atoms with van der Waals surface area (Å²) in [5.74, 6) is 0. The number of carbonyl (C=O) groups excluding carboxylic acids is 1. The average molecular weight is 236 g/mol. The molecule has 0 aliphatic rings. The minimum absolute atomic E-state index is 0.529. The van der Waals surface area contributed by atoms with Crippen molar-refractivity contribution < 1.29 is 9.53 Å². The Morgan fingerprint density at radius 2 is 1.76 bits per heavy atom. The molecule has 0 aliphatic heterocycles. The molecular weight excluding hydrogens is 216 g/mol. The standard InChI is InChI=1S/C13H20N2O2/c1-13(2,17-12(15)16)8-7-10-3-5-11(9-14)6-4-10/h3-6H,7-9,14H2,1-2H3,(H2,15,16). The Morgan fingerprint density at radius 3 is 2.24 bits per heavy atom. The van der Waals surface area contributed by atoms with Gasteiger partial charge in [-0.25, -0.2) is 4.79 Å². The van der Waals surface area contributed by atoms with Crippen LogP contribution in [-0.4, -0.2) is 11.7 Å². The number of benzene rings is 1. The van der Waals surface area contributed by atoms with Gasteiger partial charge in [0.15, 0.2) is 0 Å². The molecule has 4 N–H and O–H groups in total. The topological polar surface area (TPSA) is 78.3 Å². The van der Waals surface area contributed by atoms with Crippen LogP contribution < -0.4 is 11.5 Å². The molecule has 1 aromatic carbocycles. The quantitative estimate of drug-likeness (QED) is 0.820. The third-order valence-corrected chi connectivity index (χ3v) is 2.65. The summed E-state index contributed by atoms with van der Waals surface area (Å²) in [6.45, 7) is 4.26. The van der Waals surface area contributed by atoms with Gasteiger partial charge in [-0.1, -0.05) is 24.3 Å². The second-order valence-electron chi connectivity index (χ2n) is 4.70. The number of rotatable bonds is 5. The van der Waals surface area contributed by atoms with Crippen LogP contribution in [0.15, 0.2) is 24.3 Å². The van der Waals surface area contributed by atoms with Gasteiger partial charge in [-0.05, 0) is 37.8 Å². The van der Waals surface area contributed by atoms with E-state index in [9.17, 15) is 4.79 Å². The monoisotopic (exact) mass is 236 g/mol. The fourth-order valence-electron chi connectivity index (χ4n) is 1.61. The first-order valence-electron chi connectivity index (χ1n) is 5.69. The Balaban J connectivity index is 2.51. The zero-order valence-corrected chi connectivity index (χ0v) is 10.4. The van der Waals surface area contributed by atoms with Crippen molar-refractivity contribution in [3.05, 3.63) is 35.4 Å². The number of nitrogens with two attached hydrogens (primary N) is 2. The molecule has 1 aromatic rings. The van der Waals surface area contributed by atoms with Crippen molar-refractivity contribution in [1.82, 2.24) is 0 Å². The molecule has 0 aliphatic carbocycles. The van der Waals surface area contributed by atoms with E-state index in [4.69, 9.17) is 16.2 Å². The maximum atomic E-state index is 10.7. The molecule has 0 aromatic heterocycles. The summed E-state index contributed by atoms with van der Waals surface area (Å²) in [7, 11) is 0. The van der Waals surface area contributed by atoms with E-state index in [0.717, 1.165) is 18.4 Å². The van der Waals surface area contributed by atoms with Gasteiger partial charge in [0.05, 0.1) is 0 Å². The van der Waals surface area contributed by atoms with E-state index in [2.05, 4.69) is 0 Å². The predicted octanol–water partition coefficient (Wildman–Crippen LogP) is 1.95. The second-order valence-corrected chi connectivity index (χ2v) is 4.70. The normalized spacial score (nSPS) is 11.2. The Hall–Kier alpha value is -1.55. The maximum Gasteiger partial charge on any atom is 0.405 e. The summed E-state index contributed by atoms with van der Waals surface area (Å²) in [6.07, 6.45) is 0.844. The van der Waals surface area contributed by atoms with E-state index in [-0.39, 0.29) is 0 Å². The molecule has 0 saturated heterocycles. The van der Waals surface area contributed by atoms with Gasteiger partial charge in [0.2, 0.25) is 0 Å². The zero-order chi connectivity index (χ0) is 12.9. The molecule has 4 heteroatoms. The summed E-state index contributed by atoms with van der Waals surface area (Å²) in [6, 6.07) is 8.11. The van der Waals surface area contributed by atoms with Crippen LogP contribution in [0.2, 0.25) is 0 Å². The SMILES string of the molecule is CC(C)(CCc1ccc(CN)cc1)OC(N)=O. The highest BCUT2D eigenvalue weighted by atomic mass is 16.6.